The first-order valence-corrected chi connectivity index (χ1v) is 8.69. The van der Waals surface area contributed by atoms with Gasteiger partial charge in [0.15, 0.2) is 0 Å². The minimum absolute atomic E-state index is 0.00608. The van der Waals surface area contributed by atoms with E-state index in [4.69, 9.17) is 0 Å². The van der Waals surface area contributed by atoms with E-state index in [-0.39, 0.29) is 36.3 Å². The lowest BCUT2D eigenvalue weighted by Gasteiger charge is -2.34. The Hall–Kier alpha value is -1.46. The van der Waals surface area contributed by atoms with Crippen molar-refractivity contribution >= 4 is 5.91 Å². The lowest BCUT2D eigenvalue weighted by atomic mass is 9.95. The van der Waals surface area contributed by atoms with Gasteiger partial charge in [0, 0.05) is 6.04 Å². The summed E-state index contributed by atoms with van der Waals surface area (Å²) in [6, 6.07) is 6.13. The Morgan fingerprint density at radius 2 is 2.00 bits per heavy atom. The minimum atomic E-state index is -0.814. The molecule has 2 atom stereocenters. The van der Waals surface area contributed by atoms with E-state index in [1.807, 2.05) is 13.8 Å². The van der Waals surface area contributed by atoms with Gasteiger partial charge in [0.25, 0.3) is 0 Å². The summed E-state index contributed by atoms with van der Waals surface area (Å²) in [6.45, 7) is 8.75. The molecule has 2 rings (SSSR count). The fourth-order valence-electron chi connectivity index (χ4n) is 3.52. The molecular weight excluding hydrogens is 307 g/mol. The monoisotopic (exact) mass is 336 g/mol. The van der Waals surface area contributed by atoms with Crippen LogP contribution in [0.2, 0.25) is 0 Å². The number of nitrogens with one attached hydrogen (secondary N) is 1. The average molecular weight is 336 g/mol. The van der Waals surface area contributed by atoms with Crippen molar-refractivity contribution in [2.45, 2.75) is 58.2 Å². The van der Waals surface area contributed by atoms with Gasteiger partial charge in [-0.25, -0.2) is 4.39 Å². The standard InChI is InChI=1S/C19H29FN2O2/c1-13(2)18(14-7-9-15(20)10-8-14)21-17(23)12-22-11-5-6-16(22)19(3,4)24/h7-10,13,16,18,24H,5-6,11-12H2,1-4H3,(H,21,23). The molecule has 134 valence electrons. The van der Waals surface area contributed by atoms with Crippen molar-refractivity contribution in [3.8, 4) is 0 Å². The number of hydrogen-bond acceptors (Lipinski definition) is 3. The molecule has 0 aromatic heterocycles. The lowest BCUT2D eigenvalue weighted by Crippen LogP contribution is -2.49. The van der Waals surface area contributed by atoms with Gasteiger partial charge in [-0.2, -0.15) is 0 Å². The van der Waals surface area contributed by atoms with E-state index < -0.39 is 5.60 Å². The number of aliphatic hydroxyl groups is 1. The van der Waals surface area contributed by atoms with Crippen LogP contribution in [0.4, 0.5) is 4.39 Å². The lowest BCUT2D eigenvalue weighted by molar-refractivity contribution is -0.124. The summed E-state index contributed by atoms with van der Waals surface area (Å²) in [6.07, 6.45) is 1.90. The quantitative estimate of drug-likeness (QED) is 0.840. The van der Waals surface area contributed by atoms with E-state index in [1.54, 1.807) is 26.0 Å². The molecular formula is C19H29FN2O2. The molecule has 1 aliphatic rings. The zero-order valence-corrected chi connectivity index (χ0v) is 15.1. The first-order valence-electron chi connectivity index (χ1n) is 8.69. The Morgan fingerprint density at radius 1 is 1.38 bits per heavy atom. The molecule has 1 saturated heterocycles. The summed E-state index contributed by atoms with van der Waals surface area (Å²) < 4.78 is 13.1. The van der Waals surface area contributed by atoms with Crippen LogP contribution < -0.4 is 5.32 Å². The smallest absolute Gasteiger partial charge is 0.234 e. The molecule has 0 bridgehead atoms. The van der Waals surface area contributed by atoms with Gasteiger partial charge >= 0.3 is 0 Å². The van der Waals surface area contributed by atoms with Crippen molar-refractivity contribution in [3.63, 3.8) is 0 Å². The van der Waals surface area contributed by atoms with E-state index in [0.717, 1.165) is 24.9 Å². The number of carbonyl (C=O) groups excluding carboxylic acids is 1. The topological polar surface area (TPSA) is 52.6 Å². The maximum atomic E-state index is 13.1. The second-order valence-corrected chi connectivity index (χ2v) is 7.62. The second kappa shape index (κ2) is 7.62. The molecule has 0 saturated carbocycles. The van der Waals surface area contributed by atoms with Gasteiger partial charge in [-0.15, -0.1) is 0 Å². The second-order valence-electron chi connectivity index (χ2n) is 7.62. The summed E-state index contributed by atoms with van der Waals surface area (Å²) in [4.78, 5) is 14.6. The van der Waals surface area contributed by atoms with E-state index >= 15 is 0 Å². The van der Waals surface area contributed by atoms with Gasteiger partial charge in [-0.1, -0.05) is 26.0 Å². The molecule has 1 heterocycles. The Kier molecular flexibility index (Phi) is 5.99. The van der Waals surface area contributed by atoms with E-state index in [1.165, 1.54) is 12.1 Å². The number of hydrogen-bond donors (Lipinski definition) is 2. The van der Waals surface area contributed by atoms with Crippen LogP contribution in [0.1, 0.15) is 52.1 Å². The van der Waals surface area contributed by atoms with Crippen LogP contribution in [-0.2, 0) is 4.79 Å². The summed E-state index contributed by atoms with van der Waals surface area (Å²) in [7, 11) is 0. The van der Waals surface area contributed by atoms with Crippen LogP contribution in [0.25, 0.3) is 0 Å². The Morgan fingerprint density at radius 3 is 2.54 bits per heavy atom. The number of benzene rings is 1. The molecule has 0 aliphatic carbocycles. The number of rotatable bonds is 6. The van der Waals surface area contributed by atoms with Crippen LogP contribution in [0, 0.1) is 11.7 Å². The first kappa shape index (κ1) is 18.9. The molecule has 1 aromatic carbocycles. The molecule has 1 amide bonds. The molecule has 4 nitrogen and oxygen atoms in total. The molecule has 1 aromatic rings. The van der Waals surface area contributed by atoms with Crippen molar-refractivity contribution in [1.29, 1.82) is 0 Å². The van der Waals surface area contributed by atoms with Crippen molar-refractivity contribution in [1.82, 2.24) is 10.2 Å². The summed E-state index contributed by atoms with van der Waals surface area (Å²) in [5.41, 5.74) is 0.0887. The Bertz CT molecular complexity index is 551. The number of amides is 1. The van der Waals surface area contributed by atoms with Crippen molar-refractivity contribution in [2.24, 2.45) is 5.92 Å². The summed E-state index contributed by atoms with van der Waals surface area (Å²) >= 11 is 0. The van der Waals surface area contributed by atoms with Gasteiger partial charge in [0.05, 0.1) is 18.2 Å². The van der Waals surface area contributed by atoms with Gasteiger partial charge in [0.1, 0.15) is 5.82 Å². The third-order valence-corrected chi connectivity index (χ3v) is 4.74. The van der Waals surface area contributed by atoms with Crippen molar-refractivity contribution in [3.05, 3.63) is 35.6 Å². The normalized spacial score (nSPS) is 20.4. The number of nitrogens with zero attached hydrogens (tertiary/aromatic N) is 1. The van der Waals surface area contributed by atoms with E-state index in [9.17, 15) is 14.3 Å². The van der Waals surface area contributed by atoms with Gasteiger partial charge in [-0.3, -0.25) is 9.69 Å². The molecule has 2 unspecified atom stereocenters. The predicted octanol–water partition coefficient (Wildman–Crippen LogP) is 2.87. The fourth-order valence-corrected chi connectivity index (χ4v) is 3.52. The van der Waals surface area contributed by atoms with Crippen LogP contribution in [-0.4, -0.2) is 40.6 Å². The van der Waals surface area contributed by atoms with Crippen LogP contribution in [0.3, 0.4) is 0 Å². The highest BCUT2D eigenvalue weighted by molar-refractivity contribution is 5.78. The van der Waals surface area contributed by atoms with Crippen molar-refractivity contribution < 1.29 is 14.3 Å². The predicted molar refractivity (Wildman–Crippen MR) is 93.0 cm³/mol. The zero-order valence-electron chi connectivity index (χ0n) is 15.1. The highest BCUT2D eigenvalue weighted by atomic mass is 19.1. The highest BCUT2D eigenvalue weighted by Gasteiger charge is 2.36. The Labute approximate surface area is 144 Å². The molecule has 1 aliphatic heterocycles. The maximum absolute atomic E-state index is 13.1. The number of halogens is 1. The highest BCUT2D eigenvalue weighted by Crippen LogP contribution is 2.27. The molecule has 0 spiro atoms. The molecule has 2 N–H and O–H groups in total. The van der Waals surface area contributed by atoms with Gasteiger partial charge < -0.3 is 10.4 Å². The average Bonchev–Trinajstić information content (AvgIpc) is 2.94. The molecule has 0 radical (unpaired) electrons. The molecule has 24 heavy (non-hydrogen) atoms. The third-order valence-electron chi connectivity index (χ3n) is 4.74. The Balaban J connectivity index is 2.02. The van der Waals surface area contributed by atoms with Gasteiger partial charge in [0.2, 0.25) is 5.91 Å². The maximum Gasteiger partial charge on any atom is 0.234 e. The van der Waals surface area contributed by atoms with Crippen LogP contribution in [0.5, 0.6) is 0 Å². The summed E-state index contributed by atoms with van der Waals surface area (Å²) in [5.74, 6) is -0.144. The molecule has 5 heteroatoms. The van der Waals surface area contributed by atoms with Crippen molar-refractivity contribution in [2.75, 3.05) is 13.1 Å². The van der Waals surface area contributed by atoms with E-state index in [2.05, 4.69) is 10.2 Å². The summed E-state index contributed by atoms with van der Waals surface area (Å²) in [5, 5.41) is 13.3. The largest absolute Gasteiger partial charge is 0.389 e. The number of likely N-dealkylation sites (tertiary alicyclic amines) is 1. The SMILES string of the molecule is CC(C)C(NC(=O)CN1CCCC1C(C)(C)O)c1ccc(F)cc1. The van der Waals surface area contributed by atoms with Crippen LogP contribution >= 0.6 is 0 Å². The third kappa shape index (κ3) is 4.77. The fraction of sp³-hybridized carbons (Fsp3) is 0.632. The van der Waals surface area contributed by atoms with Gasteiger partial charge in [-0.05, 0) is 56.8 Å². The minimum Gasteiger partial charge on any atom is -0.389 e. The van der Waals surface area contributed by atoms with Crippen LogP contribution in [0.15, 0.2) is 24.3 Å². The first-order chi connectivity index (χ1) is 11.2. The zero-order chi connectivity index (χ0) is 17.9. The number of carbonyl (C=O) groups is 1. The van der Waals surface area contributed by atoms with E-state index in [0.29, 0.717) is 0 Å². The molecule has 1 fully saturated rings.